The molecule has 0 unspecified atom stereocenters. The lowest BCUT2D eigenvalue weighted by Gasteiger charge is -2.43. The van der Waals surface area contributed by atoms with Crippen LogP contribution in [0.3, 0.4) is 0 Å². The summed E-state index contributed by atoms with van der Waals surface area (Å²) in [6.45, 7) is 15.3. The molecule has 0 spiro atoms. The fourth-order valence-electron chi connectivity index (χ4n) is 6.29. The first kappa shape index (κ1) is 38.2. The highest BCUT2D eigenvalue weighted by Gasteiger charge is 2.50. The Bertz CT molecular complexity index is 1230. The van der Waals surface area contributed by atoms with Crippen LogP contribution >= 0.6 is 0 Å². The molecule has 0 aliphatic carbocycles. The predicted molar refractivity (Wildman–Crippen MR) is 178 cm³/mol. The molecular weight excluding hydrogens is 573 g/mol. The highest BCUT2D eigenvalue weighted by molar-refractivity contribution is 6.07. The molecule has 1 heterocycles. The van der Waals surface area contributed by atoms with Crippen LogP contribution in [-0.2, 0) is 23.9 Å². The van der Waals surface area contributed by atoms with Gasteiger partial charge < -0.3 is 14.6 Å². The van der Waals surface area contributed by atoms with Crippen molar-refractivity contribution in [3.63, 3.8) is 0 Å². The molecule has 1 saturated heterocycles. The average Bonchev–Trinajstić information content (AvgIpc) is 2.99. The number of aliphatic hydroxyl groups is 1. The molecule has 1 amide bonds. The predicted octanol–water partition coefficient (Wildman–Crippen LogP) is 7.51. The Morgan fingerprint density at radius 3 is 2.38 bits per heavy atom. The number of carbonyl (C=O) groups excluding carboxylic acids is 3. The van der Waals surface area contributed by atoms with Crippen molar-refractivity contribution in [2.75, 3.05) is 6.61 Å². The zero-order chi connectivity index (χ0) is 33.9. The number of ketones is 1. The monoisotopic (exact) mass is 627 g/mol. The molecular formula is C37H54FNO6. The Hall–Kier alpha value is -2.97. The number of hydrogen-bond donors (Lipinski definition) is 1. The molecule has 8 atom stereocenters. The zero-order valence-corrected chi connectivity index (χ0v) is 28.6. The zero-order valence-electron chi connectivity index (χ0n) is 28.6. The second kappa shape index (κ2) is 17.1. The summed E-state index contributed by atoms with van der Waals surface area (Å²) < 4.78 is 27.7. The molecule has 2 rings (SSSR count). The number of ether oxygens (including phenoxy) is 2. The van der Waals surface area contributed by atoms with Crippen molar-refractivity contribution >= 4 is 29.4 Å². The third-order valence-electron chi connectivity index (χ3n) is 9.23. The summed E-state index contributed by atoms with van der Waals surface area (Å²) in [5, 5.41) is 12.2. The number of hydrogen-bond acceptors (Lipinski definition) is 6. The van der Waals surface area contributed by atoms with E-state index >= 15 is 4.39 Å². The topological polar surface area (TPSA) is 102 Å². The molecule has 1 fully saturated rings. The van der Waals surface area contributed by atoms with Crippen molar-refractivity contribution in [1.29, 1.82) is 0 Å². The molecule has 250 valence electrons. The number of amides is 1. The molecule has 0 bridgehead atoms. The van der Waals surface area contributed by atoms with E-state index in [9.17, 15) is 19.5 Å². The van der Waals surface area contributed by atoms with Crippen LogP contribution in [0.15, 0.2) is 53.0 Å². The first-order chi connectivity index (χ1) is 21.1. The van der Waals surface area contributed by atoms with Gasteiger partial charge in [-0.1, -0.05) is 83.2 Å². The van der Waals surface area contributed by atoms with Crippen molar-refractivity contribution in [3.05, 3.63) is 53.6 Å². The molecule has 45 heavy (non-hydrogen) atoms. The maximum Gasteiger partial charge on any atom is 0.351 e. The number of rotatable bonds is 7. The van der Waals surface area contributed by atoms with E-state index in [0.717, 1.165) is 24.5 Å². The van der Waals surface area contributed by atoms with Crippen LogP contribution in [0.2, 0.25) is 0 Å². The van der Waals surface area contributed by atoms with Crippen LogP contribution in [0.4, 0.5) is 4.39 Å². The third-order valence-corrected chi connectivity index (χ3v) is 9.23. The summed E-state index contributed by atoms with van der Waals surface area (Å²) in [7, 11) is 0. The van der Waals surface area contributed by atoms with Crippen LogP contribution in [0.1, 0.15) is 100.0 Å². The minimum absolute atomic E-state index is 0.0415. The second-order valence-electron chi connectivity index (χ2n) is 13.0. The minimum atomic E-state index is -2.89. The third kappa shape index (κ3) is 10.5. The summed E-state index contributed by atoms with van der Waals surface area (Å²) in [5.41, 5.74) is -1.88. The highest BCUT2D eigenvalue weighted by Crippen LogP contribution is 2.39. The SMILES string of the molecule is CC[C@@H](C)C(=NC(C)=O)[C@H](C)[C@H]1CC/C(=C\C=C\c2ccccc2)CO[C@H](C)C[C@@H](C)C(=O)[C@](C)(F)C(=O)O[C@H](CC)[C@@]1(C)O. The fourth-order valence-corrected chi connectivity index (χ4v) is 6.29. The number of benzene rings is 1. The van der Waals surface area contributed by atoms with Crippen molar-refractivity contribution in [2.24, 2.45) is 28.7 Å². The summed E-state index contributed by atoms with van der Waals surface area (Å²) in [5.74, 6) is -4.30. The summed E-state index contributed by atoms with van der Waals surface area (Å²) in [4.78, 5) is 43.0. The van der Waals surface area contributed by atoms with Crippen LogP contribution < -0.4 is 0 Å². The number of carbonyl (C=O) groups is 3. The van der Waals surface area contributed by atoms with Gasteiger partial charge in [0, 0.05) is 24.5 Å². The maximum atomic E-state index is 15.8. The van der Waals surface area contributed by atoms with Gasteiger partial charge in [-0.15, -0.1) is 0 Å². The minimum Gasteiger partial charge on any atom is -0.457 e. The number of allylic oxidation sites excluding steroid dienone is 2. The number of esters is 1. The quantitative estimate of drug-likeness (QED) is 0.191. The van der Waals surface area contributed by atoms with Gasteiger partial charge in [-0.3, -0.25) is 9.59 Å². The highest BCUT2D eigenvalue weighted by atomic mass is 19.1. The van der Waals surface area contributed by atoms with E-state index in [1.165, 1.54) is 6.92 Å². The number of cyclic esters (lactones) is 1. The van der Waals surface area contributed by atoms with Crippen LogP contribution in [0, 0.1) is 23.7 Å². The molecule has 1 N–H and O–H groups in total. The molecule has 0 radical (unpaired) electrons. The Labute approximate surface area is 269 Å². The molecule has 0 aromatic heterocycles. The van der Waals surface area contributed by atoms with Gasteiger partial charge in [-0.05, 0) is 75.8 Å². The van der Waals surface area contributed by atoms with Crippen LogP contribution in [0.25, 0.3) is 6.08 Å². The Balaban J connectivity index is 2.67. The normalized spacial score (nSPS) is 32.1. The number of halogens is 1. The Kier molecular flexibility index (Phi) is 14.5. The number of nitrogens with zero attached hydrogens (tertiary/aromatic N) is 1. The van der Waals surface area contributed by atoms with Crippen molar-refractivity contribution in [2.45, 2.75) is 118 Å². The first-order valence-electron chi connectivity index (χ1n) is 16.3. The van der Waals surface area contributed by atoms with Gasteiger partial charge in [0.05, 0.1) is 12.7 Å². The van der Waals surface area contributed by atoms with E-state index in [4.69, 9.17) is 9.47 Å². The van der Waals surface area contributed by atoms with Gasteiger partial charge in [0.2, 0.25) is 5.91 Å². The lowest BCUT2D eigenvalue weighted by atomic mass is 9.69. The van der Waals surface area contributed by atoms with Gasteiger partial charge in [-0.2, -0.15) is 0 Å². The van der Waals surface area contributed by atoms with Crippen LogP contribution in [0.5, 0.6) is 0 Å². The Morgan fingerprint density at radius 2 is 1.80 bits per heavy atom. The molecule has 7 nitrogen and oxygen atoms in total. The molecule has 1 aliphatic rings. The van der Waals surface area contributed by atoms with E-state index < -0.39 is 41.0 Å². The summed E-state index contributed by atoms with van der Waals surface area (Å²) in [6, 6.07) is 9.91. The summed E-state index contributed by atoms with van der Waals surface area (Å²) >= 11 is 0. The Morgan fingerprint density at radius 1 is 1.16 bits per heavy atom. The van der Waals surface area contributed by atoms with Gasteiger partial charge in [0.25, 0.3) is 5.67 Å². The smallest absolute Gasteiger partial charge is 0.351 e. The van der Waals surface area contributed by atoms with E-state index in [0.29, 0.717) is 18.6 Å². The fraction of sp³-hybridized carbons (Fsp3) is 0.622. The van der Waals surface area contributed by atoms with Gasteiger partial charge in [0.15, 0.2) is 5.78 Å². The van der Waals surface area contributed by atoms with E-state index in [1.807, 2.05) is 76.3 Å². The average molecular weight is 628 g/mol. The van der Waals surface area contributed by atoms with E-state index in [2.05, 4.69) is 4.99 Å². The van der Waals surface area contributed by atoms with Gasteiger partial charge >= 0.3 is 5.97 Å². The van der Waals surface area contributed by atoms with Crippen molar-refractivity contribution in [1.82, 2.24) is 0 Å². The molecule has 1 aromatic carbocycles. The number of aliphatic imine (C=N–C) groups is 1. The van der Waals surface area contributed by atoms with Gasteiger partial charge in [-0.25, -0.2) is 14.2 Å². The van der Waals surface area contributed by atoms with Crippen LogP contribution in [-0.4, -0.2) is 58.6 Å². The lowest BCUT2D eigenvalue weighted by Crippen LogP contribution is -2.54. The van der Waals surface area contributed by atoms with E-state index in [-0.39, 0.29) is 43.3 Å². The lowest BCUT2D eigenvalue weighted by molar-refractivity contribution is -0.186. The summed E-state index contributed by atoms with van der Waals surface area (Å²) in [6.07, 6.45) is 6.59. The van der Waals surface area contributed by atoms with E-state index in [1.54, 1.807) is 20.8 Å². The number of alkyl halides is 1. The largest absolute Gasteiger partial charge is 0.457 e. The second-order valence-corrected chi connectivity index (χ2v) is 13.0. The standard InChI is InChI=1S/C37H54FNO6/c1-10-24(3)33(39-28(7)40)27(6)31-21-20-30(19-15-18-29-16-13-12-14-17-29)23-44-26(5)22-25(4)34(41)36(8,38)35(42)45-32(11-2)37(31,9)43/h12-19,24-27,31-32,43H,10-11,20-23H2,1-9H3/b18-15+,30-19+,39-33?/t24-,25-,26-,27-,31-,32-,36+,37+/m1/s1. The molecule has 1 aromatic rings. The van der Waals surface area contributed by atoms with Crippen molar-refractivity contribution < 1.29 is 33.4 Å². The molecule has 0 saturated carbocycles. The maximum absolute atomic E-state index is 15.8. The number of Topliss-reactive ketones (excluding diaryl/α,β-unsaturated/α-hetero) is 1. The first-order valence-corrected chi connectivity index (χ1v) is 16.3. The van der Waals surface area contributed by atoms with Crippen molar-refractivity contribution in [3.8, 4) is 0 Å². The molecule has 8 heteroatoms. The molecule has 1 aliphatic heterocycles. The van der Waals surface area contributed by atoms with Gasteiger partial charge in [0.1, 0.15) is 11.7 Å².